The summed E-state index contributed by atoms with van der Waals surface area (Å²) in [7, 11) is 4.28. The van der Waals surface area contributed by atoms with Crippen molar-refractivity contribution in [3.63, 3.8) is 0 Å². The van der Waals surface area contributed by atoms with Crippen LogP contribution in [0.1, 0.15) is 38.1 Å². The maximum Gasteiger partial charge on any atom is 0.178 e. The summed E-state index contributed by atoms with van der Waals surface area (Å²) in [4.78, 5) is 16.0. The third-order valence-corrected chi connectivity index (χ3v) is 7.44. The molecule has 0 spiro atoms. The summed E-state index contributed by atoms with van der Waals surface area (Å²) in [5.41, 5.74) is 3.82. The predicted molar refractivity (Wildman–Crippen MR) is 144 cm³/mol. The maximum absolute atomic E-state index is 15.0. The number of hydrogen-bond donors (Lipinski definition) is 0. The van der Waals surface area contributed by atoms with Crippen molar-refractivity contribution in [2.45, 2.75) is 45.2 Å². The molecule has 1 saturated heterocycles. The molecule has 0 radical (unpaired) electrons. The van der Waals surface area contributed by atoms with Crippen molar-refractivity contribution in [1.82, 2.24) is 14.9 Å². The molecule has 0 unspecified atom stereocenters. The van der Waals surface area contributed by atoms with Gasteiger partial charge in [-0.05, 0) is 77.2 Å². The second-order valence-electron chi connectivity index (χ2n) is 10.4. The van der Waals surface area contributed by atoms with E-state index in [1.807, 2.05) is 26.1 Å². The van der Waals surface area contributed by atoms with Crippen molar-refractivity contribution in [2.24, 2.45) is 0 Å². The summed E-state index contributed by atoms with van der Waals surface area (Å²) >= 11 is 0. The number of hydrogen-bond acceptors (Lipinski definition) is 6. The number of nitrogens with zero attached hydrogens (tertiary/aromatic N) is 5. The highest BCUT2D eigenvalue weighted by Gasteiger charge is 2.26. The zero-order valence-electron chi connectivity index (χ0n) is 22.0. The summed E-state index contributed by atoms with van der Waals surface area (Å²) in [6.45, 7) is 7.20. The highest BCUT2D eigenvalue weighted by Crippen LogP contribution is 2.39. The summed E-state index contributed by atoms with van der Waals surface area (Å²) in [5.74, 6) is -0.771. The fourth-order valence-electron chi connectivity index (χ4n) is 5.29. The van der Waals surface area contributed by atoms with Crippen molar-refractivity contribution in [1.29, 1.82) is 0 Å². The Kier molecular flexibility index (Phi) is 7.29. The Morgan fingerprint density at radius 2 is 1.76 bits per heavy atom. The molecule has 2 aliphatic heterocycles. The summed E-state index contributed by atoms with van der Waals surface area (Å²) < 4.78 is 35.4. The van der Waals surface area contributed by atoms with Gasteiger partial charge in [-0.15, -0.1) is 0 Å². The second-order valence-corrected chi connectivity index (χ2v) is 10.4. The first-order valence-corrected chi connectivity index (χ1v) is 13.0. The molecule has 0 N–H and O–H groups in total. The number of aromatic nitrogens is 2. The van der Waals surface area contributed by atoms with E-state index < -0.39 is 11.6 Å². The minimum absolute atomic E-state index is 0.133. The van der Waals surface area contributed by atoms with Gasteiger partial charge in [0.25, 0.3) is 0 Å². The number of pyridine rings is 2. The Balaban J connectivity index is 1.35. The zero-order valence-corrected chi connectivity index (χ0v) is 22.0. The van der Waals surface area contributed by atoms with E-state index in [0.29, 0.717) is 42.6 Å². The van der Waals surface area contributed by atoms with Crippen LogP contribution >= 0.6 is 0 Å². The van der Waals surface area contributed by atoms with E-state index in [4.69, 9.17) is 4.74 Å². The number of anilines is 2. The quantitative estimate of drug-likeness (QED) is 0.460. The van der Waals surface area contributed by atoms with Crippen molar-refractivity contribution in [2.75, 3.05) is 50.1 Å². The van der Waals surface area contributed by atoms with E-state index in [-0.39, 0.29) is 17.5 Å². The van der Waals surface area contributed by atoms with Gasteiger partial charge >= 0.3 is 0 Å². The molecule has 0 saturated carbocycles. The van der Waals surface area contributed by atoms with Gasteiger partial charge in [0, 0.05) is 48.5 Å². The third-order valence-electron chi connectivity index (χ3n) is 7.44. The van der Waals surface area contributed by atoms with Gasteiger partial charge in [0.2, 0.25) is 0 Å². The summed E-state index contributed by atoms with van der Waals surface area (Å²) in [6.07, 6.45) is 4.66. The molecular formula is C29H35F2N5O. The zero-order chi connectivity index (χ0) is 26.1. The summed E-state index contributed by atoms with van der Waals surface area (Å²) in [6, 6.07) is 11.1. The third kappa shape index (κ3) is 5.39. The number of halogens is 2. The molecule has 2 aromatic heterocycles. The molecule has 8 heteroatoms. The van der Waals surface area contributed by atoms with Gasteiger partial charge in [0.05, 0.1) is 24.1 Å². The number of benzene rings is 1. The molecule has 0 atom stereocenters. The molecule has 6 nitrogen and oxygen atoms in total. The number of rotatable bonds is 6. The Bertz CT molecular complexity index is 1240. The van der Waals surface area contributed by atoms with E-state index in [1.165, 1.54) is 12.1 Å². The van der Waals surface area contributed by atoms with E-state index in [9.17, 15) is 8.78 Å². The topological polar surface area (TPSA) is 44.7 Å². The highest BCUT2D eigenvalue weighted by molar-refractivity contribution is 5.72. The van der Waals surface area contributed by atoms with Crippen molar-refractivity contribution in [3.8, 4) is 17.0 Å². The lowest BCUT2D eigenvalue weighted by Crippen LogP contribution is -2.42. The van der Waals surface area contributed by atoms with Crippen LogP contribution in [-0.4, -0.2) is 67.3 Å². The molecule has 3 aromatic rings. The molecule has 5 rings (SSSR count). The monoisotopic (exact) mass is 507 g/mol. The highest BCUT2D eigenvalue weighted by atomic mass is 19.1. The SMILES string of the molecule is CC(C)N1CCOc2c(F)cc(-c3nc(Cc4ccc(N5CCC(N(C)C)CC5)cn4)ccc3F)cc21. The lowest BCUT2D eigenvalue weighted by molar-refractivity contribution is 0.249. The standard InChI is InChI=1S/C29H35F2N5O/c1-19(2)36-13-14-37-29-26(31)15-20(16-27(29)36)28-25(30)8-6-22(33-28)17-21-5-7-24(18-32-21)35-11-9-23(10-12-35)34(3)4/h5-8,15-16,18-19,23H,9-14,17H2,1-4H3. The molecule has 196 valence electrons. The average Bonchev–Trinajstić information content (AvgIpc) is 2.90. The number of piperidine rings is 1. The van der Waals surface area contributed by atoms with Crippen LogP contribution in [0.4, 0.5) is 20.2 Å². The molecule has 1 fully saturated rings. The first-order chi connectivity index (χ1) is 17.8. The maximum atomic E-state index is 15.0. The second kappa shape index (κ2) is 10.6. The first kappa shape index (κ1) is 25.4. The van der Waals surface area contributed by atoms with E-state index in [0.717, 1.165) is 37.3 Å². The van der Waals surface area contributed by atoms with Crippen LogP contribution in [0.15, 0.2) is 42.6 Å². The normalized spacial score (nSPS) is 16.3. The smallest absolute Gasteiger partial charge is 0.178 e. The van der Waals surface area contributed by atoms with E-state index in [2.05, 4.69) is 44.8 Å². The van der Waals surface area contributed by atoms with Gasteiger partial charge in [0.15, 0.2) is 11.6 Å². The van der Waals surface area contributed by atoms with Crippen molar-refractivity contribution < 1.29 is 13.5 Å². The van der Waals surface area contributed by atoms with Gasteiger partial charge in [-0.3, -0.25) is 4.98 Å². The Labute approximate surface area is 217 Å². The number of ether oxygens (including phenoxy) is 1. The molecule has 0 amide bonds. The van der Waals surface area contributed by atoms with E-state index in [1.54, 1.807) is 12.1 Å². The molecule has 2 aliphatic rings. The van der Waals surface area contributed by atoms with Gasteiger partial charge in [-0.25, -0.2) is 13.8 Å². The molecule has 0 aliphatic carbocycles. The first-order valence-electron chi connectivity index (χ1n) is 13.0. The molecular weight excluding hydrogens is 472 g/mol. The molecule has 1 aromatic carbocycles. The van der Waals surface area contributed by atoms with Crippen LogP contribution in [-0.2, 0) is 6.42 Å². The largest absolute Gasteiger partial charge is 0.486 e. The van der Waals surface area contributed by atoms with Crippen LogP contribution < -0.4 is 14.5 Å². The van der Waals surface area contributed by atoms with Crippen LogP contribution in [0.2, 0.25) is 0 Å². The molecule has 4 heterocycles. The molecule has 37 heavy (non-hydrogen) atoms. The minimum Gasteiger partial charge on any atom is -0.486 e. The van der Waals surface area contributed by atoms with Gasteiger partial charge in [-0.2, -0.15) is 0 Å². The van der Waals surface area contributed by atoms with Gasteiger partial charge in [-0.1, -0.05) is 0 Å². The van der Waals surface area contributed by atoms with Crippen molar-refractivity contribution >= 4 is 11.4 Å². The lowest BCUT2D eigenvalue weighted by atomic mass is 10.0. The van der Waals surface area contributed by atoms with E-state index >= 15 is 0 Å². The van der Waals surface area contributed by atoms with Crippen LogP contribution in [0.25, 0.3) is 11.3 Å². The average molecular weight is 508 g/mol. The Hall–Kier alpha value is -3.26. The fraction of sp³-hybridized carbons (Fsp3) is 0.448. The van der Waals surface area contributed by atoms with Gasteiger partial charge in [0.1, 0.15) is 18.1 Å². The Morgan fingerprint density at radius 3 is 2.43 bits per heavy atom. The van der Waals surface area contributed by atoms with Crippen LogP contribution in [0.5, 0.6) is 5.75 Å². The van der Waals surface area contributed by atoms with Crippen LogP contribution in [0, 0.1) is 11.6 Å². The van der Waals surface area contributed by atoms with Crippen molar-refractivity contribution in [3.05, 3.63) is 65.6 Å². The van der Waals surface area contributed by atoms with Gasteiger partial charge < -0.3 is 19.4 Å². The fourth-order valence-corrected chi connectivity index (χ4v) is 5.29. The van der Waals surface area contributed by atoms with Crippen LogP contribution in [0.3, 0.4) is 0 Å². The lowest BCUT2D eigenvalue weighted by Gasteiger charge is -2.36. The summed E-state index contributed by atoms with van der Waals surface area (Å²) in [5, 5.41) is 0. The molecule has 0 bridgehead atoms. The minimum atomic E-state index is -0.503. The Morgan fingerprint density at radius 1 is 1.00 bits per heavy atom. The number of fused-ring (bicyclic) bond motifs is 1. The predicted octanol–water partition coefficient (Wildman–Crippen LogP) is 5.15.